The molecular weight excluding hydrogens is 232 g/mol. The Morgan fingerprint density at radius 3 is 1.50 bits per heavy atom. The second-order valence-electron chi connectivity index (χ2n) is 6.46. The molecule has 0 saturated heterocycles. The minimum atomic E-state index is -0.713. The third kappa shape index (κ3) is 20.4. The van der Waals surface area contributed by atoms with Gasteiger partial charge in [0.05, 0.1) is 0 Å². The van der Waals surface area contributed by atoms with Gasteiger partial charge in [0.15, 0.2) is 0 Å². The van der Waals surface area contributed by atoms with E-state index in [1.807, 2.05) is 20.8 Å². The van der Waals surface area contributed by atoms with Crippen molar-refractivity contribution < 1.29 is 19.8 Å². The lowest BCUT2D eigenvalue weighted by Crippen LogP contribution is -2.13. The molecule has 18 heavy (non-hydrogen) atoms. The Hall–Kier alpha value is -1.06. The normalized spacial score (nSPS) is 12.6. The standard InChI is InChI=1S/C9H18O2.C5H10O2/c1-7(5-8(10)11)6-9(2,3)4;1-4(2)3-5(6)7/h7H,5-6H2,1-4H3,(H,10,11);4H,3H2,1-2H3,(H,6,7). The molecule has 2 N–H and O–H groups in total. The van der Waals surface area contributed by atoms with Gasteiger partial charge in [0.25, 0.3) is 0 Å². The summed E-state index contributed by atoms with van der Waals surface area (Å²) in [5, 5.41) is 16.6. The lowest BCUT2D eigenvalue weighted by atomic mass is 9.84. The molecule has 0 radical (unpaired) electrons. The minimum absolute atomic E-state index is 0.245. The van der Waals surface area contributed by atoms with E-state index in [0.29, 0.717) is 0 Å². The van der Waals surface area contributed by atoms with Crippen molar-refractivity contribution in [1.82, 2.24) is 0 Å². The fourth-order valence-corrected chi connectivity index (χ4v) is 1.76. The first-order valence-corrected chi connectivity index (χ1v) is 6.37. The van der Waals surface area contributed by atoms with Gasteiger partial charge in [0.1, 0.15) is 0 Å². The van der Waals surface area contributed by atoms with Crippen LogP contribution < -0.4 is 0 Å². The van der Waals surface area contributed by atoms with Crippen LogP contribution in [0.4, 0.5) is 0 Å². The smallest absolute Gasteiger partial charge is 0.303 e. The molecule has 0 spiro atoms. The number of hydrogen-bond donors (Lipinski definition) is 2. The molecule has 0 aromatic heterocycles. The van der Waals surface area contributed by atoms with Crippen LogP contribution in [0.25, 0.3) is 0 Å². The Kier molecular flexibility index (Phi) is 9.59. The zero-order valence-electron chi connectivity index (χ0n) is 12.5. The Bertz CT molecular complexity index is 251. The van der Waals surface area contributed by atoms with E-state index in [-0.39, 0.29) is 30.1 Å². The summed E-state index contributed by atoms with van der Waals surface area (Å²) in [6.07, 6.45) is 1.54. The van der Waals surface area contributed by atoms with Gasteiger partial charge in [0, 0.05) is 12.8 Å². The van der Waals surface area contributed by atoms with E-state index in [2.05, 4.69) is 20.8 Å². The molecule has 0 fully saturated rings. The van der Waals surface area contributed by atoms with Crippen molar-refractivity contribution in [3.63, 3.8) is 0 Å². The molecule has 4 nitrogen and oxygen atoms in total. The van der Waals surface area contributed by atoms with Gasteiger partial charge in [-0.25, -0.2) is 0 Å². The Labute approximate surface area is 110 Å². The number of hydrogen-bond acceptors (Lipinski definition) is 2. The average Bonchev–Trinajstić information content (AvgIpc) is 1.94. The number of carbonyl (C=O) groups is 2. The maximum Gasteiger partial charge on any atom is 0.303 e. The zero-order valence-corrected chi connectivity index (χ0v) is 12.5. The predicted molar refractivity (Wildman–Crippen MR) is 72.6 cm³/mol. The van der Waals surface area contributed by atoms with Crippen molar-refractivity contribution in [2.24, 2.45) is 17.3 Å². The summed E-state index contributed by atoms with van der Waals surface area (Å²) >= 11 is 0. The summed E-state index contributed by atoms with van der Waals surface area (Å²) in [4.78, 5) is 20.1. The highest BCUT2D eigenvalue weighted by Crippen LogP contribution is 2.25. The Morgan fingerprint density at radius 1 is 0.944 bits per heavy atom. The highest BCUT2D eigenvalue weighted by Gasteiger charge is 2.16. The third-order valence-electron chi connectivity index (χ3n) is 2.07. The van der Waals surface area contributed by atoms with Crippen LogP contribution in [0.2, 0.25) is 0 Å². The van der Waals surface area contributed by atoms with Crippen LogP contribution in [-0.2, 0) is 9.59 Å². The first kappa shape index (κ1) is 19.3. The van der Waals surface area contributed by atoms with Crippen molar-refractivity contribution in [3.05, 3.63) is 0 Å². The molecule has 0 aliphatic rings. The molecule has 0 aromatic carbocycles. The zero-order chi connectivity index (χ0) is 14.9. The van der Waals surface area contributed by atoms with Crippen molar-refractivity contribution in [2.75, 3.05) is 0 Å². The molecule has 0 aliphatic heterocycles. The molecule has 108 valence electrons. The van der Waals surface area contributed by atoms with E-state index in [0.717, 1.165) is 6.42 Å². The SMILES string of the molecule is CC(C)CC(=O)O.CC(CC(=O)O)CC(C)(C)C. The highest BCUT2D eigenvalue weighted by atomic mass is 16.4. The molecule has 0 bridgehead atoms. The Morgan fingerprint density at radius 2 is 1.33 bits per heavy atom. The summed E-state index contributed by atoms with van der Waals surface area (Å²) in [5.74, 6) is -0.846. The first-order chi connectivity index (χ1) is 7.94. The maximum absolute atomic E-state index is 10.3. The Balaban J connectivity index is 0. The van der Waals surface area contributed by atoms with Crippen molar-refractivity contribution >= 4 is 11.9 Å². The van der Waals surface area contributed by atoms with Crippen LogP contribution in [0.1, 0.15) is 60.8 Å². The van der Waals surface area contributed by atoms with E-state index in [4.69, 9.17) is 10.2 Å². The number of aliphatic carboxylic acids is 2. The second kappa shape index (κ2) is 8.95. The van der Waals surface area contributed by atoms with E-state index in [9.17, 15) is 9.59 Å². The summed E-state index contributed by atoms with van der Waals surface area (Å²) in [7, 11) is 0. The molecular formula is C14H28O4. The minimum Gasteiger partial charge on any atom is -0.481 e. The van der Waals surface area contributed by atoms with E-state index in [1.54, 1.807) is 0 Å². The lowest BCUT2D eigenvalue weighted by molar-refractivity contribution is -0.139. The van der Waals surface area contributed by atoms with Crippen LogP contribution in [0.15, 0.2) is 0 Å². The van der Waals surface area contributed by atoms with E-state index >= 15 is 0 Å². The van der Waals surface area contributed by atoms with E-state index < -0.39 is 11.9 Å². The van der Waals surface area contributed by atoms with Gasteiger partial charge in [-0.2, -0.15) is 0 Å². The van der Waals surface area contributed by atoms with Gasteiger partial charge in [-0.15, -0.1) is 0 Å². The number of carboxylic acid groups (broad SMARTS) is 2. The van der Waals surface area contributed by atoms with Crippen LogP contribution in [0, 0.1) is 17.3 Å². The van der Waals surface area contributed by atoms with Gasteiger partial charge in [-0.3, -0.25) is 9.59 Å². The first-order valence-electron chi connectivity index (χ1n) is 6.37. The molecule has 0 aliphatic carbocycles. The van der Waals surface area contributed by atoms with Crippen LogP contribution >= 0.6 is 0 Å². The molecule has 0 amide bonds. The molecule has 1 unspecified atom stereocenters. The van der Waals surface area contributed by atoms with Gasteiger partial charge in [-0.1, -0.05) is 41.5 Å². The van der Waals surface area contributed by atoms with Crippen LogP contribution in [0.3, 0.4) is 0 Å². The quantitative estimate of drug-likeness (QED) is 0.791. The average molecular weight is 260 g/mol. The van der Waals surface area contributed by atoms with Crippen molar-refractivity contribution in [1.29, 1.82) is 0 Å². The lowest BCUT2D eigenvalue weighted by Gasteiger charge is -2.21. The molecule has 0 rings (SSSR count). The summed E-state index contributed by atoms with van der Waals surface area (Å²) in [6.45, 7) is 12.1. The van der Waals surface area contributed by atoms with E-state index in [1.165, 1.54) is 0 Å². The number of carboxylic acids is 2. The second-order valence-corrected chi connectivity index (χ2v) is 6.46. The van der Waals surface area contributed by atoms with Crippen LogP contribution in [0.5, 0.6) is 0 Å². The van der Waals surface area contributed by atoms with Gasteiger partial charge in [-0.05, 0) is 23.7 Å². The summed E-state index contributed by atoms with van der Waals surface area (Å²) < 4.78 is 0. The number of rotatable bonds is 5. The molecule has 0 heterocycles. The predicted octanol–water partition coefficient (Wildman–Crippen LogP) is 3.65. The topological polar surface area (TPSA) is 74.6 Å². The molecule has 0 saturated carbocycles. The van der Waals surface area contributed by atoms with Crippen molar-refractivity contribution in [3.8, 4) is 0 Å². The maximum atomic E-state index is 10.3. The highest BCUT2D eigenvalue weighted by molar-refractivity contribution is 5.67. The molecule has 1 atom stereocenters. The summed E-state index contributed by atoms with van der Waals surface area (Å²) in [5.41, 5.74) is 0.245. The third-order valence-corrected chi connectivity index (χ3v) is 2.07. The largest absolute Gasteiger partial charge is 0.481 e. The molecule has 0 aromatic rings. The monoisotopic (exact) mass is 260 g/mol. The van der Waals surface area contributed by atoms with Crippen LogP contribution in [-0.4, -0.2) is 22.2 Å². The van der Waals surface area contributed by atoms with Gasteiger partial charge >= 0.3 is 11.9 Å². The molecule has 4 heteroatoms. The fraction of sp³-hybridized carbons (Fsp3) is 0.857. The fourth-order valence-electron chi connectivity index (χ4n) is 1.76. The van der Waals surface area contributed by atoms with Gasteiger partial charge in [0.2, 0.25) is 0 Å². The summed E-state index contributed by atoms with van der Waals surface area (Å²) in [6, 6.07) is 0. The van der Waals surface area contributed by atoms with Crippen molar-refractivity contribution in [2.45, 2.75) is 60.8 Å². The van der Waals surface area contributed by atoms with Gasteiger partial charge < -0.3 is 10.2 Å².